The first-order chi connectivity index (χ1) is 14.9. The van der Waals surface area contributed by atoms with Gasteiger partial charge in [0.1, 0.15) is 22.5 Å². The first kappa shape index (κ1) is 20.8. The average molecular weight is 441 g/mol. The van der Waals surface area contributed by atoms with Crippen molar-refractivity contribution in [1.82, 2.24) is 10.3 Å². The lowest BCUT2D eigenvalue weighted by molar-refractivity contribution is -0.121. The van der Waals surface area contributed by atoms with Gasteiger partial charge in [0.25, 0.3) is 0 Å². The van der Waals surface area contributed by atoms with Crippen LogP contribution in [0.3, 0.4) is 0 Å². The van der Waals surface area contributed by atoms with E-state index in [1.165, 1.54) is 25.3 Å². The maximum absolute atomic E-state index is 13.6. The zero-order valence-electron chi connectivity index (χ0n) is 16.6. The van der Waals surface area contributed by atoms with E-state index in [4.69, 9.17) is 4.74 Å². The zero-order valence-corrected chi connectivity index (χ0v) is 17.4. The van der Waals surface area contributed by atoms with Gasteiger partial charge in [0.05, 0.1) is 12.0 Å². The smallest absolute Gasteiger partial charge is 0.243 e. The Bertz CT molecular complexity index is 1200. The van der Waals surface area contributed by atoms with E-state index in [0.717, 1.165) is 28.9 Å². The molecule has 0 radical (unpaired) electrons. The van der Waals surface area contributed by atoms with Crippen LogP contribution in [0.2, 0.25) is 0 Å². The van der Waals surface area contributed by atoms with E-state index in [1.54, 1.807) is 24.5 Å². The lowest BCUT2D eigenvalue weighted by Crippen LogP contribution is -2.38. The van der Waals surface area contributed by atoms with E-state index in [0.29, 0.717) is 6.42 Å². The van der Waals surface area contributed by atoms with Crippen molar-refractivity contribution in [3.8, 4) is 5.75 Å². The number of hydrogen-bond acceptors (Lipinski definition) is 6. The summed E-state index contributed by atoms with van der Waals surface area (Å²) >= 11 is 0. The first-order valence-electron chi connectivity index (χ1n) is 9.53. The van der Waals surface area contributed by atoms with Gasteiger partial charge >= 0.3 is 0 Å². The molecule has 3 aromatic rings. The summed E-state index contributed by atoms with van der Waals surface area (Å²) in [5.41, 5.74) is 2.62. The van der Waals surface area contributed by atoms with Gasteiger partial charge in [-0.3, -0.25) is 9.78 Å². The van der Waals surface area contributed by atoms with Gasteiger partial charge in [-0.25, -0.2) is 12.8 Å². The number of sulfone groups is 1. The van der Waals surface area contributed by atoms with Crippen molar-refractivity contribution >= 4 is 21.4 Å². The molecule has 9 heteroatoms. The second-order valence-electron chi connectivity index (χ2n) is 7.09. The average Bonchev–Trinajstić information content (AvgIpc) is 3.22. The Kier molecular flexibility index (Phi) is 5.60. The Balaban J connectivity index is 1.43. The number of benzene rings is 2. The Hall–Kier alpha value is -3.46. The van der Waals surface area contributed by atoms with E-state index in [2.05, 4.69) is 15.6 Å². The highest BCUT2D eigenvalue weighted by molar-refractivity contribution is 7.91. The van der Waals surface area contributed by atoms with Gasteiger partial charge in [-0.1, -0.05) is 12.1 Å². The minimum atomic E-state index is -3.96. The van der Waals surface area contributed by atoms with Crippen molar-refractivity contribution in [2.45, 2.75) is 28.8 Å². The second kappa shape index (κ2) is 8.35. The van der Waals surface area contributed by atoms with Crippen molar-refractivity contribution in [3.63, 3.8) is 0 Å². The van der Waals surface area contributed by atoms with Crippen molar-refractivity contribution in [2.75, 3.05) is 12.4 Å². The molecule has 0 saturated heterocycles. The van der Waals surface area contributed by atoms with Crippen LogP contribution in [0.4, 0.5) is 10.1 Å². The van der Waals surface area contributed by atoms with Crippen LogP contribution in [0.15, 0.2) is 70.7 Å². The predicted octanol–water partition coefficient (Wildman–Crippen LogP) is 2.72. The van der Waals surface area contributed by atoms with Gasteiger partial charge in [-0.05, 0) is 47.5 Å². The molecular weight excluding hydrogens is 421 g/mol. The summed E-state index contributed by atoms with van der Waals surface area (Å²) in [5.74, 6) is -0.757. The summed E-state index contributed by atoms with van der Waals surface area (Å²) < 4.78 is 44.5. The number of carbonyl (C=O) groups is 1. The molecule has 0 spiro atoms. The highest BCUT2D eigenvalue weighted by Gasteiger charge is 2.26. The molecular formula is C22H20FN3O4S. The summed E-state index contributed by atoms with van der Waals surface area (Å²) in [6.07, 6.45) is 3.96. The molecule has 0 fully saturated rings. The summed E-state index contributed by atoms with van der Waals surface area (Å²) in [4.78, 5) is 16.3. The van der Waals surface area contributed by atoms with Crippen LogP contribution in [0.1, 0.15) is 11.1 Å². The van der Waals surface area contributed by atoms with Gasteiger partial charge in [-0.15, -0.1) is 0 Å². The molecule has 2 aromatic carbocycles. The molecule has 1 unspecified atom stereocenters. The number of aromatic nitrogens is 1. The third-order valence-corrected chi connectivity index (χ3v) is 6.88. The summed E-state index contributed by atoms with van der Waals surface area (Å²) in [6.45, 7) is 0.245. The van der Waals surface area contributed by atoms with Crippen molar-refractivity contribution in [3.05, 3.63) is 77.9 Å². The normalized spacial score (nSPS) is 15.1. The van der Waals surface area contributed by atoms with E-state index >= 15 is 0 Å². The zero-order chi connectivity index (χ0) is 22.0. The fourth-order valence-electron chi connectivity index (χ4n) is 3.43. The molecule has 1 atom stereocenters. The summed E-state index contributed by atoms with van der Waals surface area (Å²) in [5, 5.41) is 6.01. The fourth-order valence-corrected chi connectivity index (χ4v) is 4.87. The third kappa shape index (κ3) is 4.22. The minimum absolute atomic E-state index is 0.00638. The molecule has 1 amide bonds. The van der Waals surface area contributed by atoms with Crippen molar-refractivity contribution in [2.24, 2.45) is 0 Å². The molecule has 7 nitrogen and oxygen atoms in total. The molecule has 4 rings (SSSR count). The van der Waals surface area contributed by atoms with E-state index < -0.39 is 15.7 Å². The Labute approximate surface area is 179 Å². The highest BCUT2D eigenvalue weighted by atomic mass is 32.2. The monoisotopic (exact) mass is 441 g/mol. The minimum Gasteiger partial charge on any atom is -0.495 e. The lowest BCUT2D eigenvalue weighted by atomic mass is 10.1. The fraction of sp³-hybridized carbons (Fsp3) is 0.182. The topological polar surface area (TPSA) is 97.4 Å². The predicted molar refractivity (Wildman–Crippen MR) is 112 cm³/mol. The maximum atomic E-state index is 13.6. The number of anilines is 1. The van der Waals surface area contributed by atoms with Crippen LogP contribution >= 0.6 is 0 Å². The maximum Gasteiger partial charge on any atom is 0.243 e. The van der Waals surface area contributed by atoms with Crippen LogP contribution in [0.25, 0.3) is 0 Å². The molecule has 0 saturated carbocycles. The number of halogens is 1. The van der Waals surface area contributed by atoms with Crippen LogP contribution in [-0.4, -0.2) is 32.5 Å². The number of nitrogens with zero attached hydrogens (tertiary/aromatic N) is 1. The number of nitrogens with one attached hydrogen (secondary N) is 2. The summed E-state index contributed by atoms with van der Waals surface area (Å²) in [7, 11) is -2.64. The standard InChI is InChI=1S/C22H20FN3O4S/c1-30-20-7-4-16(23)11-21(20)31(28,29)17-5-2-14(3-6-17)12-25-22(27)19-10-15-13-24-9-8-18(15)26-19/h2-9,11,13,19,26H,10,12H2,1H3,(H,25,27). The van der Waals surface area contributed by atoms with Crippen LogP contribution in [0.5, 0.6) is 5.75 Å². The summed E-state index contributed by atoms with van der Waals surface area (Å²) in [6, 6.07) is 10.9. The van der Waals surface area contributed by atoms with Crippen LogP contribution in [0, 0.1) is 5.82 Å². The largest absolute Gasteiger partial charge is 0.495 e. The van der Waals surface area contributed by atoms with Gasteiger partial charge in [-0.2, -0.15) is 0 Å². The number of amides is 1. The molecule has 1 aromatic heterocycles. The molecule has 31 heavy (non-hydrogen) atoms. The number of fused-ring (bicyclic) bond motifs is 1. The van der Waals surface area contributed by atoms with E-state index in [-0.39, 0.29) is 34.0 Å². The van der Waals surface area contributed by atoms with Gasteiger partial charge < -0.3 is 15.4 Å². The molecule has 2 heterocycles. The van der Waals surface area contributed by atoms with Crippen LogP contribution < -0.4 is 15.4 Å². The van der Waals surface area contributed by atoms with Crippen molar-refractivity contribution in [1.29, 1.82) is 0 Å². The number of carbonyl (C=O) groups excluding carboxylic acids is 1. The Morgan fingerprint density at radius 1 is 1.23 bits per heavy atom. The SMILES string of the molecule is COc1ccc(F)cc1S(=O)(=O)c1ccc(CNC(=O)C2Cc3cnccc3N2)cc1. The van der Waals surface area contributed by atoms with Gasteiger partial charge in [0.2, 0.25) is 15.7 Å². The number of pyridine rings is 1. The Morgan fingerprint density at radius 2 is 2.00 bits per heavy atom. The molecule has 160 valence electrons. The number of ether oxygens (including phenoxy) is 1. The molecule has 2 N–H and O–H groups in total. The number of rotatable bonds is 6. The number of hydrogen-bond donors (Lipinski definition) is 2. The third-order valence-electron chi connectivity index (χ3n) is 5.09. The first-order valence-corrected chi connectivity index (χ1v) is 11.0. The van der Waals surface area contributed by atoms with E-state index in [9.17, 15) is 17.6 Å². The van der Waals surface area contributed by atoms with Crippen LogP contribution in [-0.2, 0) is 27.6 Å². The second-order valence-corrected chi connectivity index (χ2v) is 9.01. The lowest BCUT2D eigenvalue weighted by Gasteiger charge is -2.13. The van der Waals surface area contributed by atoms with Gasteiger partial charge in [0.15, 0.2) is 0 Å². The molecule has 1 aliphatic heterocycles. The van der Waals surface area contributed by atoms with Crippen molar-refractivity contribution < 1.29 is 22.3 Å². The molecule has 0 bridgehead atoms. The Morgan fingerprint density at radius 3 is 2.71 bits per heavy atom. The highest BCUT2D eigenvalue weighted by Crippen LogP contribution is 2.30. The molecule has 1 aliphatic rings. The number of methoxy groups -OCH3 is 1. The quantitative estimate of drug-likeness (QED) is 0.611. The van der Waals surface area contributed by atoms with Gasteiger partial charge in [0, 0.05) is 31.0 Å². The van der Waals surface area contributed by atoms with E-state index in [1.807, 2.05) is 6.07 Å². The molecule has 0 aliphatic carbocycles.